The van der Waals surface area contributed by atoms with Gasteiger partial charge in [-0.1, -0.05) is 145 Å². The molecule has 1 aliphatic heterocycles. The van der Waals surface area contributed by atoms with Gasteiger partial charge in [0.25, 0.3) is 0 Å². The minimum atomic E-state index is -1.15. The van der Waals surface area contributed by atoms with E-state index < -0.39 is 55.7 Å². The highest BCUT2D eigenvalue weighted by Gasteiger charge is 2.38. The van der Waals surface area contributed by atoms with Crippen molar-refractivity contribution in [2.45, 2.75) is 160 Å². The third-order valence-corrected chi connectivity index (χ3v) is 16.2. The van der Waals surface area contributed by atoms with Crippen LogP contribution in [0.15, 0.2) is 48.3 Å². The topological polar surface area (TPSA) is 269 Å². The number of fused-ring (bicyclic) bond motifs is 5. The Balaban J connectivity index is 0.947. The van der Waals surface area contributed by atoms with E-state index in [1.54, 1.807) is 0 Å². The first-order valence-corrected chi connectivity index (χ1v) is 30.6. The molecule has 0 radical (unpaired) electrons. The second-order valence-electron chi connectivity index (χ2n) is 22.4. The molecule has 19 heteroatoms. The van der Waals surface area contributed by atoms with Gasteiger partial charge in [0.05, 0.1) is 19.8 Å². The number of ketones is 1. The van der Waals surface area contributed by atoms with Crippen molar-refractivity contribution in [1.29, 1.82) is 0 Å². The van der Waals surface area contributed by atoms with Crippen molar-refractivity contribution in [1.82, 2.24) is 5.32 Å². The third-order valence-electron chi connectivity index (χ3n) is 16.2. The normalized spacial score (nSPS) is 15.9. The maximum Gasteiger partial charge on any atom is 0.341 e. The van der Waals surface area contributed by atoms with Gasteiger partial charge in [-0.15, -0.1) is 0 Å². The molecule has 0 fully saturated rings. The van der Waals surface area contributed by atoms with Crippen LogP contribution in [0, 0.1) is 0 Å². The van der Waals surface area contributed by atoms with Crippen molar-refractivity contribution in [3.8, 4) is 34.5 Å². The molecule has 19 nitrogen and oxygen atoms in total. The maximum absolute atomic E-state index is 14.1. The van der Waals surface area contributed by atoms with E-state index in [0.717, 1.165) is 136 Å². The predicted molar refractivity (Wildman–Crippen MR) is 321 cm³/mol. The van der Waals surface area contributed by atoms with Crippen molar-refractivity contribution >= 4 is 74.8 Å². The van der Waals surface area contributed by atoms with Gasteiger partial charge in [0, 0.05) is 79.8 Å². The van der Waals surface area contributed by atoms with E-state index in [0.29, 0.717) is 119 Å². The zero-order valence-corrected chi connectivity index (χ0v) is 48.9. The number of carbonyl (C=O) groups excluding carboxylic acids is 2. The summed E-state index contributed by atoms with van der Waals surface area (Å²) in [5.74, 6) is -2.12. The van der Waals surface area contributed by atoms with Crippen LogP contribution in [0.2, 0.25) is 0 Å². The fourth-order valence-corrected chi connectivity index (χ4v) is 12.3. The van der Waals surface area contributed by atoms with Gasteiger partial charge in [0.1, 0.15) is 25.1 Å². The molecular weight excluding hydrogens is 1110 g/mol. The number of hydrogen-bond acceptors (Lipinski definition) is 14. The van der Waals surface area contributed by atoms with Crippen LogP contribution in [-0.4, -0.2) is 109 Å². The molecule has 86 heavy (non-hydrogen) atoms. The first kappa shape index (κ1) is 62.5. The Morgan fingerprint density at radius 1 is 0.523 bits per heavy atom. The van der Waals surface area contributed by atoms with Crippen molar-refractivity contribution in [2.75, 3.05) is 53.0 Å². The molecule has 5 aliphatic rings. The number of hydrogen-bond donors (Lipinski definition) is 5. The largest absolute Gasteiger partial charge is 0.489 e. The predicted octanol–water partition coefficient (Wildman–Crippen LogP) is 12.2. The molecule has 4 aromatic rings. The number of aliphatic carboxylic acids is 4. The first-order valence-electron chi connectivity index (χ1n) is 30.6. The molecule has 1 heterocycles. The average Bonchev–Trinajstić information content (AvgIpc) is 0.764. The molecule has 1 amide bonds. The molecular formula is C67H79NO18. The number of nitrogens with one attached hydrogen (secondary N) is 1. The number of benzene rings is 4. The molecule has 460 valence electrons. The van der Waals surface area contributed by atoms with E-state index >= 15 is 0 Å². The summed E-state index contributed by atoms with van der Waals surface area (Å²) in [7, 11) is 0. The van der Waals surface area contributed by atoms with E-state index in [2.05, 4.69) is 5.32 Å². The van der Waals surface area contributed by atoms with Crippen molar-refractivity contribution in [2.24, 2.45) is 0 Å². The fourth-order valence-electron chi connectivity index (χ4n) is 12.3. The molecule has 0 saturated carbocycles. The van der Waals surface area contributed by atoms with E-state index in [4.69, 9.17) is 48.1 Å². The summed E-state index contributed by atoms with van der Waals surface area (Å²) in [5.41, 5.74) is 5.50. The number of ether oxygens (including phenoxy) is 8. The van der Waals surface area contributed by atoms with Crippen LogP contribution >= 0.6 is 0 Å². The van der Waals surface area contributed by atoms with E-state index in [-0.39, 0.29) is 45.0 Å². The van der Waals surface area contributed by atoms with Crippen LogP contribution in [0.1, 0.15) is 180 Å². The number of carboxylic acids is 4. The SMILES string of the molecule is O=C(O)CCCCCCCCCCCOc1c(OCC(=O)O)c2c3c(c4c(c5c3c1C=CC5)OCNC(=O)COC1C(=C3C=CCc5c(OCC(=O)O)c(OCCCCCCCCCCCC(=O)O)c6cccc1c6c53)OCC(=O)CCO4)CC=C2. The highest BCUT2D eigenvalue weighted by Crippen LogP contribution is 2.56. The zero-order chi connectivity index (χ0) is 60.4. The summed E-state index contributed by atoms with van der Waals surface area (Å²) in [6.45, 7) is -1.66. The highest BCUT2D eigenvalue weighted by molar-refractivity contribution is 6.10. The van der Waals surface area contributed by atoms with Gasteiger partial charge in [-0.3, -0.25) is 19.2 Å². The Bertz CT molecular complexity index is 3300. The van der Waals surface area contributed by atoms with Gasteiger partial charge in [-0.05, 0) is 50.5 Å². The lowest BCUT2D eigenvalue weighted by molar-refractivity contribution is -0.140. The van der Waals surface area contributed by atoms with Crippen LogP contribution in [0.4, 0.5) is 0 Å². The van der Waals surface area contributed by atoms with Gasteiger partial charge in [-0.2, -0.15) is 0 Å². The summed E-state index contributed by atoms with van der Waals surface area (Å²) in [4.78, 5) is 73.8. The summed E-state index contributed by atoms with van der Waals surface area (Å²) < 4.78 is 51.8. The van der Waals surface area contributed by atoms with Gasteiger partial charge >= 0.3 is 23.9 Å². The number of Topliss-reactive ketones (excluding diaryl/α,β-unsaturated/α-hetero) is 1. The number of carbonyl (C=O) groups is 6. The molecule has 0 spiro atoms. The van der Waals surface area contributed by atoms with Gasteiger partial charge < -0.3 is 63.6 Å². The van der Waals surface area contributed by atoms with Gasteiger partial charge in [-0.25, -0.2) is 9.59 Å². The third kappa shape index (κ3) is 15.5. The maximum atomic E-state index is 14.1. The quantitative estimate of drug-likeness (QED) is 0.0284. The lowest BCUT2D eigenvalue weighted by Crippen LogP contribution is -2.33. The number of rotatable bonds is 32. The zero-order valence-electron chi connectivity index (χ0n) is 48.9. The molecule has 0 saturated heterocycles. The van der Waals surface area contributed by atoms with Crippen molar-refractivity contribution in [3.05, 3.63) is 87.2 Å². The van der Waals surface area contributed by atoms with Gasteiger partial charge in [0.15, 0.2) is 60.2 Å². The Labute approximate surface area is 500 Å². The van der Waals surface area contributed by atoms with Crippen LogP contribution in [0.3, 0.4) is 0 Å². The van der Waals surface area contributed by atoms with Crippen LogP contribution in [0.5, 0.6) is 34.5 Å². The second-order valence-corrected chi connectivity index (χ2v) is 22.4. The van der Waals surface area contributed by atoms with E-state index in [1.165, 1.54) is 0 Å². The van der Waals surface area contributed by atoms with Crippen molar-refractivity contribution < 1.29 is 87.1 Å². The van der Waals surface area contributed by atoms with Crippen LogP contribution < -0.4 is 33.7 Å². The molecule has 4 aromatic carbocycles. The minimum absolute atomic E-state index is 0.0589. The molecule has 5 N–H and O–H groups in total. The second kappa shape index (κ2) is 30.8. The fraction of sp³-hybridized carbons (Fsp3) is 0.493. The van der Waals surface area contributed by atoms with Crippen molar-refractivity contribution in [3.63, 3.8) is 0 Å². The number of amides is 1. The Morgan fingerprint density at radius 2 is 1.03 bits per heavy atom. The van der Waals surface area contributed by atoms with Gasteiger partial charge in [0.2, 0.25) is 5.91 Å². The smallest absolute Gasteiger partial charge is 0.341 e. The molecule has 9 rings (SSSR count). The Kier molecular flexibility index (Phi) is 22.4. The van der Waals surface area contributed by atoms with Crippen LogP contribution in [-0.2, 0) is 57.5 Å². The van der Waals surface area contributed by atoms with E-state index in [1.807, 2.05) is 54.7 Å². The van der Waals surface area contributed by atoms with E-state index in [9.17, 15) is 39.0 Å². The minimum Gasteiger partial charge on any atom is -0.489 e. The molecule has 0 aromatic heterocycles. The first-order chi connectivity index (χ1) is 41.9. The lowest BCUT2D eigenvalue weighted by atomic mass is 9.79. The number of unbranched alkanes of at least 4 members (excludes halogenated alkanes) is 16. The molecule has 1 atom stereocenters. The summed E-state index contributed by atoms with van der Waals surface area (Å²) in [6, 6.07) is 5.61. The van der Waals surface area contributed by atoms with Crippen LogP contribution in [0.25, 0.3) is 39.3 Å². The molecule has 4 aliphatic carbocycles. The number of carboxylic acid groups (broad SMARTS) is 4. The highest BCUT2D eigenvalue weighted by atomic mass is 16.6. The molecule has 1 unspecified atom stereocenters. The monoisotopic (exact) mass is 1190 g/mol. The summed E-state index contributed by atoms with van der Waals surface area (Å²) in [5, 5.41) is 43.4. The Morgan fingerprint density at radius 3 is 1.62 bits per heavy atom. The summed E-state index contributed by atoms with van der Waals surface area (Å²) in [6.07, 6.45) is 29.2. The Hall–Kier alpha value is -8.06. The summed E-state index contributed by atoms with van der Waals surface area (Å²) >= 11 is 0. The molecule has 0 bridgehead atoms. The average molecular weight is 1190 g/mol. The number of allylic oxidation sites excluding steroid dienone is 5. The lowest BCUT2D eigenvalue weighted by Gasteiger charge is -2.34. The standard InChI is InChI=1S/C67H79NO18/c69-42-33-36-81-62-45-25-20-26-46-57(45)58-44(61(63(46)84-39-54(75)76)80-35-18-14-10-6-2-4-8-12-16-32-53(73)74)24-21-30-50(58)67(62)86-41-68-51(70)38-83-66-49-29-19-23-43-56(49)59-47(27-22-28-48(59)65(66)82-37-42)64(85-40-55(77)78)60(43)79-34-17-13-9-5-1-3-7-11-15-31-52(71)72/h19-24,26,28-29,66H,1-18,25,27,30-41H2,(H,68,70)(H,71,72)(H,73,74)(H,75,76)(H,77,78).